The van der Waals surface area contributed by atoms with Crippen LogP contribution in [0.3, 0.4) is 0 Å². The molecule has 1 unspecified atom stereocenters. The van der Waals surface area contributed by atoms with Gasteiger partial charge in [0.2, 0.25) is 5.91 Å². The molecule has 3 heterocycles. The number of unbranched alkanes of at least 4 members (excludes halogenated alkanes) is 1. The van der Waals surface area contributed by atoms with E-state index in [9.17, 15) is 19.2 Å². The number of benzene rings is 1. The molecule has 0 saturated carbocycles. The molecule has 1 aromatic carbocycles. The standard InChI is InChI=1S/C25H28N4O5/c1-2-3-15-34-25(33)18-6-8-20(9-7-18)29-22(30)16-21(24(29)32)27-11-13-28(14-12-27)23(31)19-5-4-10-26-17-19/h4-10,17,21H,2-3,11-16H2,1H3. The van der Waals surface area contributed by atoms with Crippen molar-refractivity contribution in [2.75, 3.05) is 37.7 Å². The predicted molar refractivity (Wildman–Crippen MR) is 124 cm³/mol. The Morgan fingerprint density at radius 2 is 1.76 bits per heavy atom. The molecule has 3 amide bonds. The van der Waals surface area contributed by atoms with E-state index in [-0.39, 0.29) is 24.1 Å². The maximum Gasteiger partial charge on any atom is 0.338 e. The third-order valence-corrected chi connectivity index (χ3v) is 6.17. The van der Waals surface area contributed by atoms with Gasteiger partial charge in [0.05, 0.1) is 35.9 Å². The summed E-state index contributed by atoms with van der Waals surface area (Å²) in [5.41, 5.74) is 1.35. The van der Waals surface area contributed by atoms with Crippen LogP contribution in [0, 0.1) is 0 Å². The van der Waals surface area contributed by atoms with E-state index in [1.54, 1.807) is 53.7 Å². The summed E-state index contributed by atoms with van der Waals surface area (Å²) < 4.78 is 5.20. The van der Waals surface area contributed by atoms with Crippen molar-refractivity contribution >= 4 is 29.4 Å². The summed E-state index contributed by atoms with van der Waals surface area (Å²) in [5, 5.41) is 0. The van der Waals surface area contributed by atoms with E-state index in [4.69, 9.17) is 4.74 Å². The van der Waals surface area contributed by atoms with Gasteiger partial charge in [-0.3, -0.25) is 24.3 Å². The Hall–Kier alpha value is -3.59. The number of anilines is 1. The summed E-state index contributed by atoms with van der Waals surface area (Å²) in [4.78, 5) is 59.4. The van der Waals surface area contributed by atoms with Crippen molar-refractivity contribution in [1.29, 1.82) is 0 Å². The number of esters is 1. The minimum atomic E-state index is -0.554. The normalized spacial score (nSPS) is 18.9. The van der Waals surface area contributed by atoms with E-state index < -0.39 is 12.0 Å². The number of carbonyl (C=O) groups is 4. The van der Waals surface area contributed by atoms with E-state index in [2.05, 4.69) is 4.98 Å². The van der Waals surface area contributed by atoms with Crippen LogP contribution >= 0.6 is 0 Å². The fraction of sp³-hybridized carbons (Fsp3) is 0.400. The van der Waals surface area contributed by atoms with Gasteiger partial charge in [-0.25, -0.2) is 9.69 Å². The highest BCUT2D eigenvalue weighted by atomic mass is 16.5. The van der Waals surface area contributed by atoms with Crippen molar-refractivity contribution in [2.45, 2.75) is 32.2 Å². The van der Waals surface area contributed by atoms with Crippen LogP contribution in [-0.4, -0.2) is 77.3 Å². The van der Waals surface area contributed by atoms with Crippen LogP contribution in [0.5, 0.6) is 0 Å². The average molecular weight is 465 g/mol. The third-order valence-electron chi connectivity index (χ3n) is 6.17. The molecular formula is C25H28N4O5. The molecule has 34 heavy (non-hydrogen) atoms. The number of hydrogen-bond acceptors (Lipinski definition) is 7. The summed E-state index contributed by atoms with van der Waals surface area (Å²) >= 11 is 0. The quantitative estimate of drug-likeness (QED) is 0.352. The molecular weight excluding hydrogens is 436 g/mol. The maximum absolute atomic E-state index is 13.1. The van der Waals surface area contributed by atoms with Crippen LogP contribution in [0.25, 0.3) is 0 Å². The van der Waals surface area contributed by atoms with Crippen LogP contribution in [0.2, 0.25) is 0 Å². The lowest BCUT2D eigenvalue weighted by molar-refractivity contribution is -0.123. The molecule has 0 radical (unpaired) electrons. The van der Waals surface area contributed by atoms with E-state index in [1.165, 1.54) is 4.90 Å². The van der Waals surface area contributed by atoms with Crippen molar-refractivity contribution in [3.05, 3.63) is 59.9 Å². The molecule has 0 bridgehead atoms. The number of pyridine rings is 1. The highest BCUT2D eigenvalue weighted by Crippen LogP contribution is 2.27. The molecule has 2 fully saturated rings. The molecule has 1 aromatic heterocycles. The molecule has 0 spiro atoms. The van der Waals surface area contributed by atoms with Crippen LogP contribution in [-0.2, 0) is 14.3 Å². The smallest absolute Gasteiger partial charge is 0.338 e. The molecule has 9 heteroatoms. The van der Waals surface area contributed by atoms with Gasteiger partial charge in [0.15, 0.2) is 0 Å². The molecule has 1 atom stereocenters. The monoisotopic (exact) mass is 464 g/mol. The van der Waals surface area contributed by atoms with Crippen LogP contribution < -0.4 is 4.90 Å². The SMILES string of the molecule is CCCCOC(=O)c1ccc(N2C(=O)CC(N3CCN(C(=O)c4cccnc4)CC3)C2=O)cc1. The van der Waals surface area contributed by atoms with Gasteiger partial charge in [-0.15, -0.1) is 0 Å². The number of piperazine rings is 1. The zero-order valence-corrected chi connectivity index (χ0v) is 19.2. The molecule has 2 aliphatic rings. The van der Waals surface area contributed by atoms with Gasteiger partial charge in [0, 0.05) is 38.6 Å². The van der Waals surface area contributed by atoms with Crippen molar-refractivity contribution in [3.63, 3.8) is 0 Å². The molecule has 2 aliphatic heterocycles. The van der Waals surface area contributed by atoms with Gasteiger partial charge < -0.3 is 9.64 Å². The minimum absolute atomic E-state index is 0.0866. The first-order valence-corrected chi connectivity index (χ1v) is 11.6. The van der Waals surface area contributed by atoms with E-state index >= 15 is 0 Å². The van der Waals surface area contributed by atoms with Gasteiger partial charge in [0.25, 0.3) is 11.8 Å². The largest absolute Gasteiger partial charge is 0.462 e. The molecule has 2 aromatic rings. The van der Waals surface area contributed by atoms with Gasteiger partial charge >= 0.3 is 5.97 Å². The van der Waals surface area contributed by atoms with Crippen molar-refractivity contribution in [2.24, 2.45) is 0 Å². The molecule has 2 saturated heterocycles. The first-order chi connectivity index (χ1) is 16.5. The fourth-order valence-corrected chi connectivity index (χ4v) is 4.22. The van der Waals surface area contributed by atoms with Gasteiger partial charge in [-0.1, -0.05) is 13.3 Å². The number of imide groups is 1. The average Bonchev–Trinajstić information content (AvgIpc) is 3.18. The van der Waals surface area contributed by atoms with Gasteiger partial charge in [-0.05, 0) is 42.8 Å². The molecule has 4 rings (SSSR count). The van der Waals surface area contributed by atoms with E-state index in [0.29, 0.717) is 49.6 Å². The lowest BCUT2D eigenvalue weighted by Crippen LogP contribution is -2.53. The van der Waals surface area contributed by atoms with Crippen molar-refractivity contribution in [1.82, 2.24) is 14.8 Å². The minimum Gasteiger partial charge on any atom is -0.462 e. The first kappa shape index (κ1) is 23.6. The summed E-state index contributed by atoms with van der Waals surface area (Å²) in [6, 6.07) is 9.23. The maximum atomic E-state index is 13.1. The second-order valence-electron chi connectivity index (χ2n) is 8.39. The summed E-state index contributed by atoms with van der Waals surface area (Å²) in [6.07, 6.45) is 4.99. The number of amides is 3. The highest BCUT2D eigenvalue weighted by Gasteiger charge is 2.43. The van der Waals surface area contributed by atoms with Gasteiger partial charge in [-0.2, -0.15) is 0 Å². The Balaban J connectivity index is 1.36. The lowest BCUT2D eigenvalue weighted by Gasteiger charge is -2.37. The highest BCUT2D eigenvalue weighted by molar-refractivity contribution is 6.22. The van der Waals surface area contributed by atoms with E-state index in [1.807, 2.05) is 11.8 Å². The topological polar surface area (TPSA) is 100 Å². The Morgan fingerprint density at radius 3 is 2.41 bits per heavy atom. The predicted octanol–water partition coefficient (Wildman–Crippen LogP) is 2.13. The van der Waals surface area contributed by atoms with Crippen molar-refractivity contribution in [3.8, 4) is 0 Å². The summed E-state index contributed by atoms with van der Waals surface area (Å²) in [7, 11) is 0. The molecule has 0 aliphatic carbocycles. The Morgan fingerprint density at radius 1 is 1.03 bits per heavy atom. The third kappa shape index (κ3) is 4.99. The summed E-state index contributed by atoms with van der Waals surface area (Å²) in [5.74, 6) is -1.07. The number of ether oxygens (including phenoxy) is 1. The lowest BCUT2D eigenvalue weighted by atomic mass is 10.1. The van der Waals surface area contributed by atoms with Crippen LogP contribution in [0.1, 0.15) is 46.9 Å². The number of rotatable bonds is 7. The van der Waals surface area contributed by atoms with E-state index in [0.717, 1.165) is 12.8 Å². The Kier molecular flexibility index (Phi) is 7.32. The zero-order valence-electron chi connectivity index (χ0n) is 19.2. The Labute approximate surface area is 198 Å². The molecule has 0 N–H and O–H groups in total. The molecule has 9 nitrogen and oxygen atoms in total. The second kappa shape index (κ2) is 10.6. The molecule has 178 valence electrons. The number of carbonyl (C=O) groups excluding carboxylic acids is 4. The number of aromatic nitrogens is 1. The summed E-state index contributed by atoms with van der Waals surface area (Å²) in [6.45, 7) is 4.34. The van der Waals surface area contributed by atoms with Crippen molar-refractivity contribution < 1.29 is 23.9 Å². The fourth-order valence-electron chi connectivity index (χ4n) is 4.22. The number of nitrogens with zero attached hydrogens (tertiary/aromatic N) is 4. The second-order valence-corrected chi connectivity index (χ2v) is 8.39. The Bertz CT molecular complexity index is 1050. The number of hydrogen-bond donors (Lipinski definition) is 0. The van der Waals surface area contributed by atoms with Crippen LogP contribution in [0.15, 0.2) is 48.8 Å². The first-order valence-electron chi connectivity index (χ1n) is 11.6. The van der Waals surface area contributed by atoms with Crippen LogP contribution in [0.4, 0.5) is 5.69 Å². The zero-order chi connectivity index (χ0) is 24.1. The van der Waals surface area contributed by atoms with Gasteiger partial charge in [0.1, 0.15) is 0 Å².